The second-order valence-electron chi connectivity index (χ2n) is 4.96. The normalized spacial score (nSPS) is 12.4. The van der Waals surface area contributed by atoms with Crippen LogP contribution in [0, 0.1) is 5.92 Å². The van der Waals surface area contributed by atoms with Crippen LogP contribution in [0.3, 0.4) is 0 Å². The third kappa shape index (κ3) is 4.34. The molecule has 0 aromatic heterocycles. The molecule has 2 nitrogen and oxygen atoms in total. The van der Waals surface area contributed by atoms with E-state index < -0.39 is 0 Å². The van der Waals surface area contributed by atoms with Crippen LogP contribution >= 0.6 is 0 Å². The molecule has 0 spiro atoms. The molecule has 2 heteroatoms. The molecule has 0 heterocycles. The largest absolute Gasteiger partial charge is 0.371 e. The third-order valence-corrected chi connectivity index (χ3v) is 3.51. The van der Waals surface area contributed by atoms with Crippen LogP contribution in [0.4, 0.5) is 5.69 Å². The van der Waals surface area contributed by atoms with Crippen molar-refractivity contribution in [3.63, 3.8) is 0 Å². The number of anilines is 1. The zero-order valence-corrected chi connectivity index (χ0v) is 12.4. The summed E-state index contributed by atoms with van der Waals surface area (Å²) >= 11 is 0. The highest BCUT2D eigenvalue weighted by molar-refractivity contribution is 5.53. The molecule has 18 heavy (non-hydrogen) atoms. The van der Waals surface area contributed by atoms with Gasteiger partial charge in [0.2, 0.25) is 0 Å². The topological polar surface area (TPSA) is 15.3 Å². The summed E-state index contributed by atoms with van der Waals surface area (Å²) in [5.41, 5.74) is 2.80. The molecule has 0 saturated carbocycles. The Labute approximate surface area is 112 Å². The number of hydrogen-bond donors (Lipinski definition) is 1. The first-order valence-corrected chi connectivity index (χ1v) is 7.26. The van der Waals surface area contributed by atoms with E-state index in [1.54, 1.807) is 0 Å². The van der Waals surface area contributed by atoms with Gasteiger partial charge < -0.3 is 10.2 Å². The second kappa shape index (κ2) is 8.15. The average molecular weight is 248 g/mol. The van der Waals surface area contributed by atoms with E-state index in [0.29, 0.717) is 0 Å². The third-order valence-electron chi connectivity index (χ3n) is 3.51. The van der Waals surface area contributed by atoms with Gasteiger partial charge in [-0.25, -0.2) is 0 Å². The first-order valence-electron chi connectivity index (χ1n) is 7.26. The molecule has 1 aromatic carbocycles. The smallest absolute Gasteiger partial charge is 0.0411 e. The van der Waals surface area contributed by atoms with E-state index in [2.05, 4.69) is 62.2 Å². The Morgan fingerprint density at radius 1 is 1.17 bits per heavy atom. The fraction of sp³-hybridized carbons (Fsp3) is 0.625. The van der Waals surface area contributed by atoms with Gasteiger partial charge in [0.1, 0.15) is 0 Å². The Bertz CT molecular complexity index is 336. The summed E-state index contributed by atoms with van der Waals surface area (Å²) in [5, 5.41) is 3.42. The highest BCUT2D eigenvalue weighted by Gasteiger charge is 2.11. The summed E-state index contributed by atoms with van der Waals surface area (Å²) in [6.45, 7) is 13.2. The minimum atomic E-state index is 0.747. The highest BCUT2D eigenvalue weighted by Crippen LogP contribution is 2.21. The van der Waals surface area contributed by atoms with Gasteiger partial charge in [-0.1, -0.05) is 45.4 Å². The van der Waals surface area contributed by atoms with E-state index in [-0.39, 0.29) is 0 Å². The molecule has 102 valence electrons. The molecule has 0 bridgehead atoms. The molecular formula is C16H28N2. The monoisotopic (exact) mass is 248 g/mol. The van der Waals surface area contributed by atoms with Crippen molar-refractivity contribution in [3.8, 4) is 0 Å². The number of hydrogen-bond acceptors (Lipinski definition) is 2. The van der Waals surface area contributed by atoms with Crippen molar-refractivity contribution in [3.05, 3.63) is 29.8 Å². The molecule has 1 unspecified atom stereocenters. The molecule has 0 amide bonds. The number of nitrogens with zero attached hydrogens (tertiary/aromatic N) is 1. The molecule has 1 atom stereocenters. The van der Waals surface area contributed by atoms with Crippen molar-refractivity contribution in [2.75, 3.05) is 24.5 Å². The Balaban J connectivity index is 2.83. The molecule has 1 aromatic rings. The van der Waals surface area contributed by atoms with Crippen molar-refractivity contribution in [1.82, 2.24) is 5.32 Å². The Morgan fingerprint density at radius 2 is 1.89 bits per heavy atom. The Kier molecular flexibility index (Phi) is 6.81. The van der Waals surface area contributed by atoms with Gasteiger partial charge in [0.25, 0.3) is 0 Å². The predicted octanol–water partition coefficient (Wildman–Crippen LogP) is 3.67. The lowest BCUT2D eigenvalue weighted by atomic mass is 10.1. The first kappa shape index (κ1) is 15.0. The zero-order chi connectivity index (χ0) is 13.4. The minimum Gasteiger partial charge on any atom is -0.371 e. The molecule has 0 aliphatic heterocycles. The van der Waals surface area contributed by atoms with Crippen LogP contribution in [-0.2, 0) is 6.54 Å². The highest BCUT2D eigenvalue weighted by atomic mass is 15.1. The molecule has 1 N–H and O–H groups in total. The van der Waals surface area contributed by atoms with Crippen LogP contribution in [-0.4, -0.2) is 19.6 Å². The average Bonchev–Trinajstić information content (AvgIpc) is 2.42. The fourth-order valence-electron chi connectivity index (χ4n) is 2.13. The number of nitrogens with one attached hydrogen (secondary N) is 1. The summed E-state index contributed by atoms with van der Waals surface area (Å²) in [4.78, 5) is 2.50. The van der Waals surface area contributed by atoms with Crippen LogP contribution < -0.4 is 10.2 Å². The van der Waals surface area contributed by atoms with Gasteiger partial charge in [-0.2, -0.15) is 0 Å². The van der Waals surface area contributed by atoms with E-state index in [4.69, 9.17) is 0 Å². The van der Waals surface area contributed by atoms with E-state index in [1.807, 2.05) is 0 Å². The summed E-state index contributed by atoms with van der Waals surface area (Å²) in [5.74, 6) is 0.747. The van der Waals surface area contributed by atoms with Crippen LogP contribution in [0.5, 0.6) is 0 Å². The first-order chi connectivity index (χ1) is 8.72. The number of rotatable bonds is 8. The van der Waals surface area contributed by atoms with Crippen molar-refractivity contribution in [2.24, 2.45) is 5.92 Å². The van der Waals surface area contributed by atoms with Crippen LogP contribution in [0.1, 0.15) is 39.7 Å². The summed E-state index contributed by atoms with van der Waals surface area (Å²) < 4.78 is 0. The molecule has 1 rings (SSSR count). The molecule has 0 aliphatic rings. The maximum atomic E-state index is 3.42. The maximum Gasteiger partial charge on any atom is 0.0411 e. The van der Waals surface area contributed by atoms with Gasteiger partial charge in [-0.15, -0.1) is 0 Å². The summed E-state index contributed by atoms with van der Waals surface area (Å²) in [6, 6.07) is 8.76. The van der Waals surface area contributed by atoms with E-state index in [1.165, 1.54) is 17.7 Å². The minimum absolute atomic E-state index is 0.747. The fourth-order valence-corrected chi connectivity index (χ4v) is 2.13. The van der Waals surface area contributed by atoms with Crippen LogP contribution in [0.15, 0.2) is 24.3 Å². The number of para-hydroxylation sites is 1. The molecule has 0 aliphatic carbocycles. The maximum absolute atomic E-state index is 3.42. The molecular weight excluding hydrogens is 220 g/mol. The van der Waals surface area contributed by atoms with Crippen molar-refractivity contribution in [1.29, 1.82) is 0 Å². The van der Waals surface area contributed by atoms with Crippen molar-refractivity contribution < 1.29 is 0 Å². The van der Waals surface area contributed by atoms with Crippen LogP contribution in [0.25, 0.3) is 0 Å². The van der Waals surface area contributed by atoms with Gasteiger partial charge in [-0.3, -0.25) is 0 Å². The lowest BCUT2D eigenvalue weighted by molar-refractivity contribution is 0.546. The van der Waals surface area contributed by atoms with Gasteiger partial charge in [-0.05, 0) is 31.0 Å². The molecule has 0 radical (unpaired) electrons. The quantitative estimate of drug-likeness (QED) is 0.755. The zero-order valence-electron chi connectivity index (χ0n) is 12.4. The molecule has 0 saturated heterocycles. The predicted molar refractivity (Wildman–Crippen MR) is 81.2 cm³/mol. The van der Waals surface area contributed by atoms with Crippen molar-refractivity contribution in [2.45, 2.75) is 40.7 Å². The molecule has 0 fully saturated rings. The Hall–Kier alpha value is -1.02. The lowest BCUT2D eigenvalue weighted by Gasteiger charge is -2.28. The lowest BCUT2D eigenvalue weighted by Crippen LogP contribution is -2.29. The van der Waals surface area contributed by atoms with Crippen LogP contribution in [0.2, 0.25) is 0 Å². The standard InChI is InChI=1S/C16H28N2/c1-5-14(4)13-18(7-3)16-11-9-8-10-15(16)12-17-6-2/h8-11,14,17H,5-7,12-13H2,1-4H3. The van der Waals surface area contributed by atoms with E-state index in [0.717, 1.165) is 32.1 Å². The second-order valence-corrected chi connectivity index (χ2v) is 4.96. The van der Waals surface area contributed by atoms with Crippen molar-refractivity contribution >= 4 is 5.69 Å². The Morgan fingerprint density at radius 3 is 2.50 bits per heavy atom. The summed E-state index contributed by atoms with van der Waals surface area (Å²) in [6.07, 6.45) is 1.24. The van der Waals surface area contributed by atoms with Gasteiger partial charge in [0, 0.05) is 25.3 Å². The van der Waals surface area contributed by atoms with E-state index >= 15 is 0 Å². The van der Waals surface area contributed by atoms with Gasteiger partial charge in [0.15, 0.2) is 0 Å². The van der Waals surface area contributed by atoms with E-state index in [9.17, 15) is 0 Å². The van der Waals surface area contributed by atoms with Gasteiger partial charge in [0.05, 0.1) is 0 Å². The SMILES string of the molecule is CCNCc1ccccc1N(CC)CC(C)CC. The number of benzene rings is 1. The van der Waals surface area contributed by atoms with Gasteiger partial charge >= 0.3 is 0 Å². The summed E-state index contributed by atoms with van der Waals surface area (Å²) in [7, 11) is 0.